The van der Waals surface area contributed by atoms with Gasteiger partial charge in [0.1, 0.15) is 6.04 Å². The van der Waals surface area contributed by atoms with Gasteiger partial charge in [0, 0.05) is 13.0 Å². The number of hydrogen-bond acceptors (Lipinski definition) is 3. The number of nitrogens with one attached hydrogen (secondary N) is 2. The zero-order valence-electron chi connectivity index (χ0n) is 18.1. The predicted molar refractivity (Wildman–Crippen MR) is 112 cm³/mol. The number of amides is 2. The fourth-order valence-corrected chi connectivity index (χ4v) is 2.91. The van der Waals surface area contributed by atoms with Crippen LogP contribution in [0.15, 0.2) is 0 Å². The van der Waals surface area contributed by atoms with Crippen molar-refractivity contribution in [2.24, 2.45) is 5.92 Å². The molecule has 5 nitrogen and oxygen atoms in total. The Morgan fingerprint density at radius 2 is 1.41 bits per heavy atom. The number of carbonyl (C=O) groups is 2. The van der Waals surface area contributed by atoms with Crippen molar-refractivity contribution in [1.29, 1.82) is 0 Å². The number of aliphatic hydroxyl groups excluding tert-OH is 1. The second kappa shape index (κ2) is 17.0. The second-order valence-corrected chi connectivity index (χ2v) is 8.06. The molecule has 27 heavy (non-hydrogen) atoms. The molecule has 159 valence electrons. The summed E-state index contributed by atoms with van der Waals surface area (Å²) in [6, 6.07) is -0.899. The molecule has 0 aromatic carbocycles. The largest absolute Gasteiger partial charge is 0.391 e. The highest BCUT2D eigenvalue weighted by Crippen LogP contribution is 2.11. The zero-order valence-corrected chi connectivity index (χ0v) is 18.1. The van der Waals surface area contributed by atoms with E-state index in [9.17, 15) is 14.7 Å². The van der Waals surface area contributed by atoms with Crippen molar-refractivity contribution in [3.05, 3.63) is 6.54 Å². The summed E-state index contributed by atoms with van der Waals surface area (Å²) in [4.78, 5) is 24.2. The van der Waals surface area contributed by atoms with E-state index in [1.54, 1.807) is 6.54 Å². The quantitative estimate of drug-likeness (QED) is 0.324. The molecule has 0 heterocycles. The highest BCUT2D eigenvalue weighted by Gasteiger charge is 2.25. The average molecular weight is 384 g/mol. The van der Waals surface area contributed by atoms with Crippen LogP contribution in [-0.4, -0.2) is 29.1 Å². The van der Waals surface area contributed by atoms with E-state index in [1.807, 2.05) is 0 Å². The Bertz CT molecular complexity index is 384. The molecule has 0 aliphatic rings. The minimum absolute atomic E-state index is 0.167. The van der Waals surface area contributed by atoms with Crippen molar-refractivity contribution < 1.29 is 14.7 Å². The van der Waals surface area contributed by atoms with Crippen LogP contribution in [0.2, 0.25) is 0 Å². The summed E-state index contributed by atoms with van der Waals surface area (Å²) in [7, 11) is 0. The Morgan fingerprint density at radius 3 is 1.89 bits per heavy atom. The van der Waals surface area contributed by atoms with Gasteiger partial charge < -0.3 is 15.7 Å². The van der Waals surface area contributed by atoms with Crippen molar-refractivity contribution in [1.82, 2.24) is 10.6 Å². The van der Waals surface area contributed by atoms with Crippen molar-refractivity contribution in [3.63, 3.8) is 0 Å². The highest BCUT2D eigenvalue weighted by atomic mass is 16.3. The van der Waals surface area contributed by atoms with Gasteiger partial charge in [-0.1, -0.05) is 78.6 Å². The summed E-state index contributed by atoms with van der Waals surface area (Å²) >= 11 is 0. The zero-order chi connectivity index (χ0) is 20.5. The first-order chi connectivity index (χ1) is 12.9. The standard InChI is InChI=1S/C22H43N2O3/c1-5-6-7-8-9-10-11-12-13-14-15-20(26)24-21(19(4)25)22(27)23-17-16-18(2)3/h17-19,21,25H,5-16H2,1-4H3,(H,23,27)(H,24,26)/t19-,21+/m1/s1. The molecule has 3 N–H and O–H groups in total. The Balaban J connectivity index is 3.84. The molecule has 0 saturated heterocycles. The Kier molecular flexibility index (Phi) is 16.3. The van der Waals surface area contributed by atoms with E-state index in [0.717, 1.165) is 25.7 Å². The van der Waals surface area contributed by atoms with Crippen LogP contribution in [-0.2, 0) is 9.59 Å². The van der Waals surface area contributed by atoms with Crippen molar-refractivity contribution in [3.8, 4) is 0 Å². The lowest BCUT2D eigenvalue weighted by molar-refractivity contribution is -0.131. The van der Waals surface area contributed by atoms with Crippen LogP contribution >= 0.6 is 0 Å². The molecule has 1 radical (unpaired) electrons. The molecule has 2 amide bonds. The van der Waals surface area contributed by atoms with Crippen LogP contribution in [0, 0.1) is 12.5 Å². The number of aliphatic hydroxyl groups is 1. The van der Waals surface area contributed by atoms with Crippen LogP contribution < -0.4 is 10.6 Å². The Morgan fingerprint density at radius 1 is 0.889 bits per heavy atom. The molecule has 0 aromatic heterocycles. The molecular weight excluding hydrogens is 340 g/mol. The SMILES string of the molecule is CCCCCCCCCCCCC(=O)N[C@H](C(=O)N[CH]CC(C)C)[C@@H](C)O. The first-order valence-corrected chi connectivity index (χ1v) is 11.0. The van der Waals surface area contributed by atoms with Gasteiger partial charge in [-0.05, 0) is 25.7 Å². The lowest BCUT2D eigenvalue weighted by Crippen LogP contribution is -2.51. The van der Waals surface area contributed by atoms with Crippen molar-refractivity contribution >= 4 is 11.8 Å². The number of hydrogen-bond donors (Lipinski definition) is 3. The molecule has 0 aromatic rings. The lowest BCUT2D eigenvalue weighted by atomic mass is 10.1. The van der Waals surface area contributed by atoms with Gasteiger partial charge in [0.25, 0.3) is 0 Å². The number of unbranched alkanes of at least 4 members (excludes halogenated alkanes) is 9. The van der Waals surface area contributed by atoms with Gasteiger partial charge in [0.05, 0.1) is 6.10 Å². The van der Waals surface area contributed by atoms with Crippen LogP contribution in [0.5, 0.6) is 0 Å². The lowest BCUT2D eigenvalue weighted by Gasteiger charge is -2.21. The van der Waals surface area contributed by atoms with Gasteiger partial charge in [-0.15, -0.1) is 0 Å². The molecule has 0 aliphatic carbocycles. The number of carbonyl (C=O) groups excluding carboxylic acids is 2. The van der Waals surface area contributed by atoms with Crippen LogP contribution in [0.1, 0.15) is 105 Å². The van der Waals surface area contributed by atoms with E-state index < -0.39 is 12.1 Å². The first-order valence-electron chi connectivity index (χ1n) is 11.0. The summed E-state index contributed by atoms with van der Waals surface area (Å²) in [6.45, 7) is 9.56. The average Bonchev–Trinajstić information content (AvgIpc) is 2.60. The van der Waals surface area contributed by atoms with Gasteiger partial charge in [-0.2, -0.15) is 0 Å². The van der Waals surface area contributed by atoms with Gasteiger partial charge in [-0.3, -0.25) is 9.59 Å². The Labute approximate surface area is 167 Å². The van der Waals surface area contributed by atoms with E-state index in [4.69, 9.17) is 0 Å². The maximum Gasteiger partial charge on any atom is 0.245 e. The van der Waals surface area contributed by atoms with E-state index in [-0.39, 0.29) is 11.8 Å². The van der Waals surface area contributed by atoms with E-state index in [0.29, 0.717) is 12.3 Å². The van der Waals surface area contributed by atoms with Gasteiger partial charge in [-0.25, -0.2) is 0 Å². The molecule has 0 saturated carbocycles. The van der Waals surface area contributed by atoms with Crippen molar-refractivity contribution in [2.75, 3.05) is 0 Å². The Hall–Kier alpha value is -1.10. The van der Waals surface area contributed by atoms with Crippen LogP contribution in [0.25, 0.3) is 0 Å². The molecule has 0 unspecified atom stereocenters. The van der Waals surface area contributed by atoms with E-state index in [1.165, 1.54) is 51.9 Å². The van der Waals surface area contributed by atoms with Gasteiger partial charge in [0.2, 0.25) is 11.8 Å². The minimum atomic E-state index is -0.922. The highest BCUT2D eigenvalue weighted by molar-refractivity contribution is 5.88. The maximum absolute atomic E-state index is 12.1. The molecule has 0 fully saturated rings. The molecule has 0 spiro atoms. The topological polar surface area (TPSA) is 78.4 Å². The predicted octanol–water partition coefficient (Wildman–Crippen LogP) is 4.49. The van der Waals surface area contributed by atoms with Crippen LogP contribution in [0.4, 0.5) is 0 Å². The third-order valence-electron chi connectivity index (χ3n) is 4.67. The summed E-state index contributed by atoms with van der Waals surface area (Å²) in [5, 5.41) is 15.1. The summed E-state index contributed by atoms with van der Waals surface area (Å²) in [5.41, 5.74) is 0. The van der Waals surface area contributed by atoms with Crippen LogP contribution in [0.3, 0.4) is 0 Å². The molecular formula is C22H43N2O3. The van der Waals surface area contributed by atoms with Gasteiger partial charge in [0.15, 0.2) is 0 Å². The van der Waals surface area contributed by atoms with Crippen molar-refractivity contribution in [2.45, 2.75) is 117 Å². The maximum atomic E-state index is 12.1. The second-order valence-electron chi connectivity index (χ2n) is 8.06. The fourth-order valence-electron chi connectivity index (χ4n) is 2.91. The third kappa shape index (κ3) is 15.6. The van der Waals surface area contributed by atoms with E-state index >= 15 is 0 Å². The normalized spacial score (nSPS) is 13.4. The number of rotatable bonds is 17. The minimum Gasteiger partial charge on any atom is -0.391 e. The third-order valence-corrected chi connectivity index (χ3v) is 4.67. The summed E-state index contributed by atoms with van der Waals surface area (Å²) in [6.07, 6.45) is 12.4. The molecule has 0 bridgehead atoms. The monoisotopic (exact) mass is 383 g/mol. The summed E-state index contributed by atoms with van der Waals surface area (Å²) in [5.74, 6) is -0.0808. The molecule has 0 aliphatic heterocycles. The molecule has 5 heteroatoms. The molecule has 2 atom stereocenters. The summed E-state index contributed by atoms with van der Waals surface area (Å²) < 4.78 is 0. The first kappa shape index (κ1) is 25.9. The van der Waals surface area contributed by atoms with Gasteiger partial charge >= 0.3 is 0 Å². The smallest absolute Gasteiger partial charge is 0.245 e. The molecule has 0 rings (SSSR count). The fraction of sp³-hybridized carbons (Fsp3) is 0.864. The van der Waals surface area contributed by atoms with E-state index in [2.05, 4.69) is 31.4 Å².